The minimum atomic E-state index is -3.57. The number of methoxy groups -OCH3 is 1. The first-order valence-corrected chi connectivity index (χ1v) is 9.71. The van der Waals surface area contributed by atoms with Gasteiger partial charge in [-0.2, -0.15) is 4.31 Å². The largest absolute Gasteiger partial charge is 0.495 e. The summed E-state index contributed by atoms with van der Waals surface area (Å²) in [5, 5.41) is 2.67. The molecule has 1 heterocycles. The van der Waals surface area contributed by atoms with Gasteiger partial charge in [0.1, 0.15) is 5.75 Å². The molecule has 1 N–H and O–H groups in total. The lowest BCUT2D eigenvalue weighted by Gasteiger charge is -2.26. The molecule has 6 nitrogen and oxygen atoms in total. The smallest absolute Gasteiger partial charge is 0.248 e. The summed E-state index contributed by atoms with van der Waals surface area (Å²) in [7, 11) is -2.10. The summed E-state index contributed by atoms with van der Waals surface area (Å²) in [5.41, 5.74) is 0.329. The summed E-state index contributed by atoms with van der Waals surface area (Å²) < 4.78 is 32.3. The average Bonchev–Trinajstić information content (AvgIpc) is 2.62. The molecule has 136 valence electrons. The molecule has 1 saturated heterocycles. The lowest BCUT2D eigenvalue weighted by molar-refractivity contribution is -0.111. The summed E-state index contributed by atoms with van der Waals surface area (Å²) in [6.45, 7) is 2.91. The maximum atomic E-state index is 12.8. The summed E-state index contributed by atoms with van der Waals surface area (Å²) in [6.07, 6.45) is 9.30. The topological polar surface area (TPSA) is 75.7 Å². The van der Waals surface area contributed by atoms with Crippen molar-refractivity contribution in [2.75, 3.05) is 25.5 Å². The second-order valence-electron chi connectivity index (χ2n) is 5.70. The Balaban J connectivity index is 2.28. The van der Waals surface area contributed by atoms with Crippen molar-refractivity contribution >= 4 is 21.6 Å². The molecule has 7 heteroatoms. The van der Waals surface area contributed by atoms with Gasteiger partial charge in [-0.05, 0) is 38.0 Å². The number of allylic oxidation sites excluding steroid dienone is 3. The molecule has 0 unspecified atom stereocenters. The Morgan fingerprint density at radius 2 is 1.92 bits per heavy atom. The first-order valence-electron chi connectivity index (χ1n) is 8.27. The number of carbonyl (C=O) groups excluding carboxylic acids is 1. The van der Waals surface area contributed by atoms with E-state index in [4.69, 9.17) is 4.74 Å². The fourth-order valence-corrected chi connectivity index (χ4v) is 4.17. The Morgan fingerprint density at radius 3 is 2.56 bits per heavy atom. The lowest BCUT2D eigenvalue weighted by Crippen LogP contribution is -2.35. The van der Waals surface area contributed by atoms with Crippen LogP contribution in [0.2, 0.25) is 0 Å². The maximum Gasteiger partial charge on any atom is 0.248 e. The van der Waals surface area contributed by atoms with Gasteiger partial charge in [0.2, 0.25) is 15.9 Å². The van der Waals surface area contributed by atoms with Crippen LogP contribution in [0.25, 0.3) is 0 Å². The molecule has 1 aromatic carbocycles. The first kappa shape index (κ1) is 19.2. The predicted octanol–water partition coefficient (Wildman–Crippen LogP) is 2.94. The number of sulfonamides is 1. The highest BCUT2D eigenvalue weighted by atomic mass is 32.2. The normalized spacial score (nSPS) is 16.4. The molecule has 2 rings (SSSR count). The number of piperidine rings is 1. The van der Waals surface area contributed by atoms with Crippen LogP contribution in [0.4, 0.5) is 5.69 Å². The van der Waals surface area contributed by atoms with Gasteiger partial charge in [-0.25, -0.2) is 8.42 Å². The number of benzene rings is 1. The number of amides is 1. The van der Waals surface area contributed by atoms with Crippen molar-refractivity contribution in [3.8, 4) is 5.75 Å². The Hall–Kier alpha value is -2.12. The van der Waals surface area contributed by atoms with Crippen molar-refractivity contribution in [2.24, 2.45) is 0 Å². The molecule has 0 bridgehead atoms. The van der Waals surface area contributed by atoms with E-state index in [1.165, 1.54) is 29.6 Å². The van der Waals surface area contributed by atoms with E-state index >= 15 is 0 Å². The maximum absolute atomic E-state index is 12.8. The number of hydrogen-bond donors (Lipinski definition) is 1. The highest BCUT2D eigenvalue weighted by Crippen LogP contribution is 2.29. The van der Waals surface area contributed by atoms with Gasteiger partial charge in [-0.15, -0.1) is 0 Å². The molecular weight excluding hydrogens is 340 g/mol. The zero-order valence-electron chi connectivity index (χ0n) is 14.6. The van der Waals surface area contributed by atoms with Gasteiger partial charge in [0, 0.05) is 19.2 Å². The molecule has 0 radical (unpaired) electrons. The molecular formula is C18H24N2O4S. The van der Waals surface area contributed by atoms with Crippen LogP contribution in [0.3, 0.4) is 0 Å². The molecule has 0 aliphatic carbocycles. The van der Waals surface area contributed by atoms with Crippen LogP contribution in [-0.4, -0.2) is 38.8 Å². The summed E-state index contributed by atoms with van der Waals surface area (Å²) in [6, 6.07) is 4.51. The van der Waals surface area contributed by atoms with E-state index in [2.05, 4.69) is 5.32 Å². The quantitative estimate of drug-likeness (QED) is 0.622. The van der Waals surface area contributed by atoms with Gasteiger partial charge >= 0.3 is 0 Å². The number of rotatable bonds is 6. The molecule has 1 aromatic rings. The predicted molar refractivity (Wildman–Crippen MR) is 98.2 cm³/mol. The second kappa shape index (κ2) is 8.82. The molecule has 0 aromatic heterocycles. The highest BCUT2D eigenvalue weighted by Gasteiger charge is 2.26. The highest BCUT2D eigenvalue weighted by molar-refractivity contribution is 7.89. The fraction of sp³-hybridized carbons (Fsp3) is 0.389. The Kier molecular flexibility index (Phi) is 6.78. The van der Waals surface area contributed by atoms with E-state index in [0.717, 1.165) is 19.3 Å². The monoisotopic (exact) mass is 364 g/mol. The van der Waals surface area contributed by atoms with E-state index in [-0.39, 0.29) is 10.8 Å². The summed E-state index contributed by atoms with van der Waals surface area (Å²) in [5.74, 6) is 0.0503. The summed E-state index contributed by atoms with van der Waals surface area (Å²) >= 11 is 0. The molecule has 1 amide bonds. The number of hydrogen-bond acceptors (Lipinski definition) is 4. The second-order valence-corrected chi connectivity index (χ2v) is 7.64. The number of nitrogens with zero attached hydrogens (tertiary/aromatic N) is 1. The van der Waals surface area contributed by atoms with Crippen LogP contribution in [0.5, 0.6) is 5.75 Å². The number of nitrogens with one attached hydrogen (secondary N) is 1. The Morgan fingerprint density at radius 1 is 1.20 bits per heavy atom. The van der Waals surface area contributed by atoms with Gasteiger partial charge in [0.05, 0.1) is 17.7 Å². The molecule has 1 aliphatic heterocycles. The van der Waals surface area contributed by atoms with E-state index in [9.17, 15) is 13.2 Å². The van der Waals surface area contributed by atoms with Crippen LogP contribution in [0.15, 0.2) is 47.4 Å². The summed E-state index contributed by atoms with van der Waals surface area (Å²) in [4.78, 5) is 12.1. The van der Waals surface area contributed by atoms with Crippen molar-refractivity contribution in [3.63, 3.8) is 0 Å². The third-order valence-electron chi connectivity index (χ3n) is 3.93. The Labute approximate surface area is 149 Å². The van der Waals surface area contributed by atoms with E-state index in [0.29, 0.717) is 24.5 Å². The number of anilines is 1. The van der Waals surface area contributed by atoms with Gasteiger partial charge in [-0.1, -0.05) is 24.6 Å². The van der Waals surface area contributed by atoms with Crippen molar-refractivity contribution in [1.82, 2.24) is 4.31 Å². The van der Waals surface area contributed by atoms with Crippen LogP contribution in [0, 0.1) is 0 Å². The molecule has 0 atom stereocenters. The standard InChI is InChI=1S/C18H24N2O4S/c1-3-4-6-9-18(21)19-16-14-15(10-11-17(16)24-2)25(22,23)20-12-7-5-8-13-20/h3-4,6,9-11,14H,5,7-8,12-13H2,1-2H3,(H,19,21)/b4-3+,9-6-. The van der Waals surface area contributed by atoms with Gasteiger partial charge in [0.25, 0.3) is 0 Å². The van der Waals surface area contributed by atoms with Crippen molar-refractivity contribution in [2.45, 2.75) is 31.1 Å². The van der Waals surface area contributed by atoms with Crippen LogP contribution < -0.4 is 10.1 Å². The van der Waals surface area contributed by atoms with Gasteiger partial charge in [-0.3, -0.25) is 4.79 Å². The van der Waals surface area contributed by atoms with Gasteiger partial charge in [0.15, 0.2) is 0 Å². The van der Waals surface area contributed by atoms with Gasteiger partial charge < -0.3 is 10.1 Å². The van der Waals surface area contributed by atoms with E-state index in [1.54, 1.807) is 24.3 Å². The van der Waals surface area contributed by atoms with Crippen molar-refractivity contribution in [3.05, 3.63) is 42.5 Å². The third-order valence-corrected chi connectivity index (χ3v) is 5.83. The van der Waals surface area contributed by atoms with Crippen molar-refractivity contribution in [1.29, 1.82) is 0 Å². The zero-order valence-corrected chi connectivity index (χ0v) is 15.4. The average molecular weight is 364 g/mol. The number of ether oxygens (including phenoxy) is 1. The Bertz CT molecular complexity index is 763. The van der Waals surface area contributed by atoms with Crippen LogP contribution in [0.1, 0.15) is 26.2 Å². The fourth-order valence-electron chi connectivity index (χ4n) is 2.63. The van der Waals surface area contributed by atoms with Crippen LogP contribution >= 0.6 is 0 Å². The van der Waals surface area contributed by atoms with Crippen LogP contribution in [-0.2, 0) is 14.8 Å². The first-order chi connectivity index (χ1) is 12.0. The molecule has 0 spiro atoms. The molecule has 0 saturated carbocycles. The molecule has 1 aliphatic rings. The SMILES string of the molecule is C/C=C/C=C\C(=O)Nc1cc(S(=O)(=O)N2CCCCC2)ccc1OC. The van der Waals surface area contributed by atoms with E-state index < -0.39 is 10.0 Å². The minimum absolute atomic E-state index is 0.155. The van der Waals surface area contributed by atoms with E-state index in [1.807, 2.05) is 6.92 Å². The third kappa shape index (κ3) is 4.93. The molecule has 25 heavy (non-hydrogen) atoms. The lowest BCUT2D eigenvalue weighted by atomic mass is 10.2. The molecule has 1 fully saturated rings. The number of carbonyl (C=O) groups is 1. The zero-order chi connectivity index (χ0) is 18.3. The minimum Gasteiger partial charge on any atom is -0.495 e. The van der Waals surface area contributed by atoms with Crippen molar-refractivity contribution < 1.29 is 17.9 Å².